The van der Waals surface area contributed by atoms with E-state index in [1.165, 1.54) is 60.8 Å². The number of hydrogen-bond acceptors (Lipinski definition) is 2. The Morgan fingerprint density at radius 3 is 1.36 bits per heavy atom. The van der Waals surface area contributed by atoms with Gasteiger partial charge in [0.05, 0.1) is 0 Å². The fourth-order valence-electron chi connectivity index (χ4n) is 11.0. The van der Waals surface area contributed by atoms with E-state index in [0.29, 0.717) is 11.8 Å². The molecular weight excluding hydrogens is 873 g/mol. The molecule has 0 aliphatic carbocycles. The van der Waals surface area contributed by atoms with E-state index in [2.05, 4.69) is 251 Å². The first-order chi connectivity index (χ1) is 35.4. The number of furan rings is 2. The van der Waals surface area contributed by atoms with Crippen LogP contribution >= 0.6 is 0 Å². The minimum absolute atomic E-state index is 0.309. The van der Waals surface area contributed by atoms with Gasteiger partial charge in [0.1, 0.15) is 22.3 Å². The number of fused-ring (bicyclic) bond motifs is 7. The van der Waals surface area contributed by atoms with E-state index in [-0.39, 0.29) is 0 Å². The molecule has 0 aliphatic rings. The average molecular weight is 925 g/mol. The second kappa shape index (κ2) is 17.9. The minimum Gasteiger partial charge on any atom is -0.456 e. The Balaban J connectivity index is 0.752. The summed E-state index contributed by atoms with van der Waals surface area (Å²) in [4.78, 5) is 0. The van der Waals surface area contributed by atoms with Crippen molar-refractivity contribution in [3.63, 3.8) is 0 Å². The van der Waals surface area contributed by atoms with Crippen molar-refractivity contribution in [1.29, 1.82) is 0 Å². The molecule has 1 unspecified atom stereocenters. The van der Waals surface area contributed by atoms with E-state index in [9.17, 15) is 0 Å². The SMILES string of the molecule is CC(C)c1ccc(-c2ccc(-c3cccc4c3oc3c(-c5cc(CC(C)c6ccc(-c7ccc(-c8ccc9c(c8)oc8cc(-c%10ccccc%10)ccc89)cc7)cc6)cc6ccccc56)cccc34)cc2)cc1. The second-order valence-electron chi connectivity index (χ2n) is 19.9. The van der Waals surface area contributed by atoms with Crippen molar-refractivity contribution in [1.82, 2.24) is 0 Å². The highest BCUT2D eigenvalue weighted by atomic mass is 16.3. The maximum atomic E-state index is 7.03. The molecular formula is C70H52O2. The summed E-state index contributed by atoms with van der Waals surface area (Å²) >= 11 is 0. The lowest BCUT2D eigenvalue weighted by Gasteiger charge is -2.16. The number of para-hydroxylation sites is 2. The van der Waals surface area contributed by atoms with Crippen LogP contribution in [0.5, 0.6) is 0 Å². The number of hydrogen-bond donors (Lipinski definition) is 0. The second-order valence-corrected chi connectivity index (χ2v) is 19.9. The number of rotatable bonds is 10. The van der Waals surface area contributed by atoms with Crippen molar-refractivity contribution < 1.29 is 8.83 Å². The molecule has 13 aromatic rings. The van der Waals surface area contributed by atoms with Gasteiger partial charge in [0.15, 0.2) is 0 Å². The van der Waals surface area contributed by atoms with E-state index < -0.39 is 0 Å². The molecule has 0 radical (unpaired) electrons. The highest BCUT2D eigenvalue weighted by Gasteiger charge is 2.19. The van der Waals surface area contributed by atoms with Crippen molar-refractivity contribution in [2.75, 3.05) is 0 Å². The lowest BCUT2D eigenvalue weighted by atomic mass is 9.88. The van der Waals surface area contributed by atoms with Crippen LogP contribution in [0.3, 0.4) is 0 Å². The molecule has 0 N–H and O–H groups in total. The van der Waals surface area contributed by atoms with Gasteiger partial charge in [-0.15, -0.1) is 0 Å². The van der Waals surface area contributed by atoms with Crippen molar-refractivity contribution in [2.24, 2.45) is 0 Å². The molecule has 0 fully saturated rings. The van der Waals surface area contributed by atoms with Gasteiger partial charge in [0, 0.05) is 32.7 Å². The van der Waals surface area contributed by atoms with Crippen molar-refractivity contribution in [3.05, 3.63) is 253 Å². The van der Waals surface area contributed by atoms with Gasteiger partial charge in [-0.2, -0.15) is 0 Å². The zero-order valence-corrected chi connectivity index (χ0v) is 40.7. The van der Waals surface area contributed by atoms with Crippen molar-refractivity contribution >= 4 is 54.6 Å². The zero-order chi connectivity index (χ0) is 48.3. The summed E-state index contributed by atoms with van der Waals surface area (Å²) < 4.78 is 13.5. The summed E-state index contributed by atoms with van der Waals surface area (Å²) in [5.74, 6) is 0.823. The van der Waals surface area contributed by atoms with Crippen LogP contribution in [0.25, 0.3) is 121 Å². The van der Waals surface area contributed by atoms with Gasteiger partial charge in [0.25, 0.3) is 0 Å². The molecule has 13 rings (SSSR count). The first-order valence-corrected chi connectivity index (χ1v) is 25.3. The maximum absolute atomic E-state index is 7.03. The van der Waals surface area contributed by atoms with E-state index in [1.807, 2.05) is 6.07 Å². The Hall–Kier alpha value is -8.72. The fraction of sp³-hybridized carbons (Fsp3) is 0.0857. The van der Waals surface area contributed by atoms with Gasteiger partial charge in [-0.1, -0.05) is 233 Å². The van der Waals surface area contributed by atoms with Gasteiger partial charge in [0.2, 0.25) is 0 Å². The Morgan fingerprint density at radius 1 is 0.306 bits per heavy atom. The highest BCUT2D eigenvalue weighted by Crippen LogP contribution is 2.43. The molecule has 2 nitrogen and oxygen atoms in total. The molecule has 0 bridgehead atoms. The summed E-state index contributed by atoms with van der Waals surface area (Å²) in [6, 6.07) is 86.1. The largest absolute Gasteiger partial charge is 0.456 e. The molecule has 2 heteroatoms. The molecule has 72 heavy (non-hydrogen) atoms. The highest BCUT2D eigenvalue weighted by molar-refractivity contribution is 6.15. The summed E-state index contributed by atoms with van der Waals surface area (Å²) in [6.45, 7) is 6.82. The molecule has 2 aromatic heterocycles. The Morgan fingerprint density at radius 2 is 0.764 bits per heavy atom. The Kier molecular flexibility index (Phi) is 10.8. The van der Waals surface area contributed by atoms with Crippen LogP contribution in [-0.2, 0) is 6.42 Å². The third-order valence-electron chi connectivity index (χ3n) is 15.0. The third-order valence-corrected chi connectivity index (χ3v) is 15.0. The van der Waals surface area contributed by atoms with E-state index >= 15 is 0 Å². The number of benzene rings is 11. The van der Waals surface area contributed by atoms with Crippen LogP contribution in [0.2, 0.25) is 0 Å². The van der Waals surface area contributed by atoms with Gasteiger partial charge in [-0.3, -0.25) is 0 Å². The Labute approximate surface area is 420 Å². The summed E-state index contributed by atoms with van der Waals surface area (Å²) in [5, 5.41) is 6.99. The van der Waals surface area contributed by atoms with E-state index in [4.69, 9.17) is 8.83 Å². The topological polar surface area (TPSA) is 26.3 Å². The van der Waals surface area contributed by atoms with Gasteiger partial charge in [-0.25, -0.2) is 0 Å². The first kappa shape index (κ1) is 43.3. The lowest BCUT2D eigenvalue weighted by Crippen LogP contribution is -1.99. The molecule has 11 aromatic carbocycles. The smallest absolute Gasteiger partial charge is 0.143 e. The quantitative estimate of drug-likeness (QED) is 0.137. The van der Waals surface area contributed by atoms with Gasteiger partial charge < -0.3 is 8.83 Å². The summed E-state index contributed by atoms with van der Waals surface area (Å²) in [6.07, 6.45) is 0.910. The normalized spacial score (nSPS) is 12.2. The van der Waals surface area contributed by atoms with Crippen LogP contribution in [0.1, 0.15) is 49.3 Å². The molecule has 1 atom stereocenters. The van der Waals surface area contributed by atoms with Crippen molar-refractivity contribution in [3.8, 4) is 66.8 Å². The van der Waals surface area contributed by atoms with Crippen LogP contribution in [0.4, 0.5) is 0 Å². The monoisotopic (exact) mass is 924 g/mol. The molecule has 344 valence electrons. The van der Waals surface area contributed by atoms with Crippen LogP contribution in [0, 0.1) is 0 Å². The maximum Gasteiger partial charge on any atom is 0.143 e. The molecule has 0 saturated carbocycles. The van der Waals surface area contributed by atoms with Crippen LogP contribution in [0.15, 0.2) is 245 Å². The molecule has 0 saturated heterocycles. The fourth-order valence-corrected chi connectivity index (χ4v) is 11.0. The molecule has 0 amide bonds. The molecule has 0 aliphatic heterocycles. The average Bonchev–Trinajstić information content (AvgIpc) is 4.01. The molecule has 0 spiro atoms. The van der Waals surface area contributed by atoms with E-state index in [0.717, 1.165) is 83.7 Å². The first-order valence-electron chi connectivity index (χ1n) is 25.3. The summed E-state index contributed by atoms with van der Waals surface area (Å²) in [7, 11) is 0. The van der Waals surface area contributed by atoms with Gasteiger partial charge in [-0.05, 0) is 126 Å². The van der Waals surface area contributed by atoms with Crippen LogP contribution in [-0.4, -0.2) is 0 Å². The predicted octanol–water partition coefficient (Wildman–Crippen LogP) is 20.1. The van der Waals surface area contributed by atoms with Gasteiger partial charge >= 0.3 is 0 Å². The molecule has 2 heterocycles. The minimum atomic E-state index is 0.309. The van der Waals surface area contributed by atoms with E-state index in [1.54, 1.807) is 0 Å². The Bertz CT molecular complexity index is 4110. The predicted molar refractivity (Wildman–Crippen MR) is 304 cm³/mol. The zero-order valence-electron chi connectivity index (χ0n) is 40.7. The third kappa shape index (κ3) is 7.86. The van der Waals surface area contributed by atoms with Crippen molar-refractivity contribution in [2.45, 2.75) is 39.0 Å². The van der Waals surface area contributed by atoms with Crippen LogP contribution < -0.4 is 0 Å². The lowest BCUT2D eigenvalue weighted by molar-refractivity contribution is 0.669. The summed E-state index contributed by atoms with van der Waals surface area (Å²) in [5.41, 5.74) is 21.7. The standard InChI is InChI=1S/C70H52O2/c1-44(2)47-19-23-50(24-20-47)53-31-33-55(34-32-53)60-15-9-16-63-64-17-10-18-65(70(64)72-69(60)63)66-41-46(40-58-13-7-8-14-59(58)66)39-45(3)48-21-25-51(26-22-48)52-27-29-54(30-28-52)57-36-38-62-61-37-35-56(49-11-5-4-6-12-49)42-67(61)71-68(62)43-57/h4-38,40-45H,39H2,1-3H3.